The summed E-state index contributed by atoms with van der Waals surface area (Å²) in [6.45, 7) is 0. The van der Waals surface area contributed by atoms with Crippen LogP contribution in [0.4, 0.5) is 0 Å². The van der Waals surface area contributed by atoms with Gasteiger partial charge in [0.05, 0.1) is 12.6 Å². The summed E-state index contributed by atoms with van der Waals surface area (Å²) in [5.74, 6) is -0.360. The monoisotopic (exact) mass is 289 g/mol. The van der Waals surface area contributed by atoms with E-state index >= 15 is 0 Å². The Morgan fingerprint density at radius 1 is 1.50 bits per heavy atom. The Labute approximate surface area is 118 Å². The lowest BCUT2D eigenvalue weighted by atomic mass is 10.3. The molecule has 8 heteroatoms. The van der Waals surface area contributed by atoms with Crippen LogP contribution in [0.1, 0.15) is 11.3 Å². The quantitative estimate of drug-likeness (QED) is 0.433. The Morgan fingerprint density at radius 2 is 2.35 bits per heavy atom. The highest BCUT2D eigenvalue weighted by Crippen LogP contribution is 1.92. The van der Waals surface area contributed by atoms with Crippen molar-refractivity contribution in [1.82, 2.24) is 20.4 Å². The van der Waals surface area contributed by atoms with Crippen LogP contribution in [0.3, 0.4) is 0 Å². The van der Waals surface area contributed by atoms with Crippen LogP contribution in [-0.2, 0) is 11.2 Å². The lowest BCUT2D eigenvalue weighted by Crippen LogP contribution is -2.21. The Bertz CT molecular complexity index is 707. The summed E-state index contributed by atoms with van der Waals surface area (Å²) in [6, 6.07) is 4.84. The molecule has 1 amide bonds. The fourth-order valence-corrected chi connectivity index (χ4v) is 1.69. The first-order chi connectivity index (χ1) is 9.63. The highest BCUT2D eigenvalue weighted by Gasteiger charge is 2.03. The van der Waals surface area contributed by atoms with Crippen molar-refractivity contribution in [2.75, 3.05) is 0 Å². The summed E-state index contributed by atoms with van der Waals surface area (Å²) in [4.78, 5) is 31.8. The van der Waals surface area contributed by atoms with Crippen LogP contribution in [0.25, 0.3) is 0 Å². The first-order valence-electron chi connectivity index (χ1n) is 5.68. The molecule has 2 rings (SSSR count). The molecule has 0 unspecified atom stereocenters. The number of hydrogen-bond acceptors (Lipinski definition) is 5. The molecule has 7 nitrogen and oxygen atoms in total. The highest BCUT2D eigenvalue weighted by molar-refractivity contribution is 7.71. The van der Waals surface area contributed by atoms with Gasteiger partial charge in [-0.3, -0.25) is 19.6 Å². The molecule has 0 radical (unpaired) electrons. The second-order valence-electron chi connectivity index (χ2n) is 3.87. The number of aromatic amines is 2. The van der Waals surface area contributed by atoms with Gasteiger partial charge in [-0.2, -0.15) is 5.10 Å². The van der Waals surface area contributed by atoms with Crippen molar-refractivity contribution >= 4 is 24.3 Å². The fraction of sp³-hybridized carbons (Fsp3) is 0.0833. The predicted octanol–water partition coefficient (Wildman–Crippen LogP) is 0.520. The average molecular weight is 289 g/mol. The van der Waals surface area contributed by atoms with Crippen LogP contribution in [-0.4, -0.2) is 27.1 Å². The number of rotatable bonds is 4. The van der Waals surface area contributed by atoms with Crippen LogP contribution in [0, 0.1) is 4.77 Å². The lowest BCUT2D eigenvalue weighted by Gasteiger charge is -2.00. The van der Waals surface area contributed by atoms with Crippen molar-refractivity contribution in [1.29, 1.82) is 0 Å². The molecule has 0 saturated heterocycles. The number of hydrogen-bond donors (Lipinski definition) is 3. The van der Waals surface area contributed by atoms with Crippen LogP contribution in [0.2, 0.25) is 0 Å². The van der Waals surface area contributed by atoms with Gasteiger partial charge in [0.2, 0.25) is 5.91 Å². The smallest absolute Gasteiger partial charge is 0.251 e. The van der Waals surface area contributed by atoms with Crippen LogP contribution in [0.15, 0.2) is 40.5 Å². The van der Waals surface area contributed by atoms with Crippen molar-refractivity contribution in [3.05, 3.63) is 57.0 Å². The van der Waals surface area contributed by atoms with Crippen LogP contribution < -0.4 is 11.0 Å². The summed E-state index contributed by atoms with van der Waals surface area (Å²) in [5, 5.41) is 3.79. The number of pyridine rings is 1. The number of amides is 1. The number of hydrazone groups is 1. The average Bonchev–Trinajstić information content (AvgIpc) is 2.38. The number of nitrogens with zero attached hydrogens (tertiary/aromatic N) is 2. The molecule has 0 aliphatic carbocycles. The van der Waals surface area contributed by atoms with Gasteiger partial charge in [-0.05, 0) is 18.3 Å². The van der Waals surface area contributed by atoms with Gasteiger partial charge in [-0.15, -0.1) is 0 Å². The van der Waals surface area contributed by atoms with Gasteiger partial charge in [0.1, 0.15) is 0 Å². The maximum Gasteiger partial charge on any atom is 0.251 e. The molecule has 0 aliphatic rings. The van der Waals surface area contributed by atoms with E-state index in [0.717, 1.165) is 5.56 Å². The van der Waals surface area contributed by atoms with Gasteiger partial charge < -0.3 is 4.98 Å². The third-order valence-corrected chi connectivity index (χ3v) is 2.46. The normalized spacial score (nSPS) is 10.6. The highest BCUT2D eigenvalue weighted by atomic mass is 32.1. The van der Waals surface area contributed by atoms with E-state index in [9.17, 15) is 9.59 Å². The molecule has 0 atom stereocenters. The maximum absolute atomic E-state index is 11.6. The molecule has 2 aromatic rings. The van der Waals surface area contributed by atoms with E-state index in [1.807, 2.05) is 0 Å². The number of carbonyl (C=O) groups excluding carboxylic acids is 1. The van der Waals surface area contributed by atoms with Gasteiger partial charge in [0, 0.05) is 29.7 Å². The van der Waals surface area contributed by atoms with Gasteiger partial charge in [-0.1, -0.05) is 6.07 Å². The van der Waals surface area contributed by atoms with E-state index < -0.39 is 0 Å². The third kappa shape index (κ3) is 4.25. The second kappa shape index (κ2) is 6.53. The van der Waals surface area contributed by atoms with Crippen molar-refractivity contribution in [3.8, 4) is 0 Å². The predicted molar refractivity (Wildman–Crippen MR) is 75.9 cm³/mol. The zero-order valence-electron chi connectivity index (χ0n) is 10.3. The molecule has 20 heavy (non-hydrogen) atoms. The minimum absolute atomic E-state index is 0.0159. The summed E-state index contributed by atoms with van der Waals surface area (Å²) in [7, 11) is 0. The lowest BCUT2D eigenvalue weighted by molar-refractivity contribution is -0.120. The minimum Gasteiger partial charge on any atom is -0.335 e. The number of carbonyl (C=O) groups is 1. The summed E-state index contributed by atoms with van der Waals surface area (Å²) < 4.78 is 0.180. The molecule has 0 aliphatic heterocycles. The Balaban J connectivity index is 1.94. The summed E-state index contributed by atoms with van der Waals surface area (Å²) >= 11 is 4.81. The van der Waals surface area contributed by atoms with Crippen molar-refractivity contribution in [2.45, 2.75) is 6.42 Å². The first-order valence-corrected chi connectivity index (χ1v) is 6.09. The molecule has 2 heterocycles. The van der Waals surface area contributed by atoms with Gasteiger partial charge in [0.25, 0.3) is 5.56 Å². The van der Waals surface area contributed by atoms with Crippen molar-refractivity contribution in [2.24, 2.45) is 5.10 Å². The number of H-pyrrole nitrogens is 2. The van der Waals surface area contributed by atoms with Crippen molar-refractivity contribution in [3.63, 3.8) is 0 Å². The van der Waals surface area contributed by atoms with Gasteiger partial charge in [0.15, 0.2) is 4.77 Å². The van der Waals surface area contributed by atoms with Gasteiger partial charge >= 0.3 is 0 Å². The summed E-state index contributed by atoms with van der Waals surface area (Å²) in [6.07, 6.45) is 4.72. The maximum atomic E-state index is 11.6. The van der Waals surface area contributed by atoms with E-state index in [-0.39, 0.29) is 22.7 Å². The molecule has 0 bridgehead atoms. The molecule has 0 spiro atoms. The van der Waals surface area contributed by atoms with Crippen LogP contribution >= 0.6 is 12.2 Å². The molecular weight excluding hydrogens is 278 g/mol. The third-order valence-electron chi connectivity index (χ3n) is 2.25. The zero-order valence-corrected chi connectivity index (χ0v) is 11.1. The number of nitrogens with one attached hydrogen (secondary N) is 3. The number of aromatic nitrogens is 3. The minimum atomic E-state index is -0.360. The van der Waals surface area contributed by atoms with E-state index in [4.69, 9.17) is 12.2 Å². The van der Waals surface area contributed by atoms with E-state index in [2.05, 4.69) is 25.5 Å². The Morgan fingerprint density at radius 3 is 3.05 bits per heavy atom. The molecule has 3 N–H and O–H groups in total. The molecule has 0 aromatic carbocycles. The SMILES string of the molecule is O=C(Cc1cc(=O)[nH]c(=S)[nH]1)N/N=C\c1cccnc1. The van der Waals surface area contributed by atoms with E-state index in [1.165, 1.54) is 12.3 Å². The second-order valence-corrected chi connectivity index (χ2v) is 4.28. The van der Waals surface area contributed by atoms with Crippen LogP contribution in [0.5, 0.6) is 0 Å². The molecule has 0 fully saturated rings. The van der Waals surface area contributed by atoms with Gasteiger partial charge in [-0.25, -0.2) is 5.43 Å². The summed E-state index contributed by atoms with van der Waals surface area (Å²) in [5.41, 5.74) is 3.19. The molecule has 102 valence electrons. The fourth-order valence-electron chi connectivity index (χ4n) is 1.46. The van der Waals surface area contributed by atoms with E-state index in [0.29, 0.717) is 5.69 Å². The largest absolute Gasteiger partial charge is 0.335 e. The first kappa shape index (κ1) is 13.8. The topological polar surface area (TPSA) is 103 Å². The zero-order chi connectivity index (χ0) is 14.4. The molecule has 0 saturated carbocycles. The standard InChI is InChI=1S/C12H11N5O2S/c18-10-4-9(15-12(20)16-10)5-11(19)17-14-7-8-2-1-3-13-6-8/h1-4,6-7H,5H2,(H,17,19)(H2,15,16,18,20)/b14-7-. The Hall–Kier alpha value is -2.61. The molecular formula is C12H11N5O2S. The van der Waals surface area contributed by atoms with Crippen molar-refractivity contribution < 1.29 is 4.79 Å². The Kier molecular flexibility index (Phi) is 4.51. The molecule has 2 aromatic heterocycles. The van der Waals surface area contributed by atoms with E-state index in [1.54, 1.807) is 24.5 Å².